The van der Waals surface area contributed by atoms with Gasteiger partial charge in [0.05, 0.1) is 4.92 Å². The predicted octanol–water partition coefficient (Wildman–Crippen LogP) is 3.81. The summed E-state index contributed by atoms with van der Waals surface area (Å²) in [6.45, 7) is -0.165. The normalized spacial score (nSPS) is 10.3. The van der Waals surface area contributed by atoms with Crippen LogP contribution in [-0.2, 0) is 11.3 Å². The van der Waals surface area contributed by atoms with Crippen molar-refractivity contribution in [3.05, 3.63) is 61.7 Å². The van der Waals surface area contributed by atoms with Crippen molar-refractivity contribution >= 4 is 33.9 Å². The summed E-state index contributed by atoms with van der Waals surface area (Å²) in [4.78, 5) is 21.7. The van der Waals surface area contributed by atoms with Gasteiger partial charge in [0.1, 0.15) is 17.3 Å². The molecule has 0 radical (unpaired) electrons. The van der Waals surface area contributed by atoms with Crippen LogP contribution < -0.4 is 0 Å². The van der Waals surface area contributed by atoms with Gasteiger partial charge in [-0.2, -0.15) is 0 Å². The van der Waals surface area contributed by atoms with Gasteiger partial charge in [-0.3, -0.25) is 10.1 Å². The van der Waals surface area contributed by atoms with Gasteiger partial charge in [0, 0.05) is 11.1 Å². The SMILES string of the molecule is O=C(OCc1cc(F)cc(Cl)c1)c1ccc([N+](=O)[O-])s1. The van der Waals surface area contributed by atoms with Gasteiger partial charge in [0.2, 0.25) is 0 Å². The molecule has 0 saturated carbocycles. The smallest absolute Gasteiger partial charge is 0.348 e. The average Bonchev–Trinajstić information content (AvgIpc) is 2.84. The van der Waals surface area contributed by atoms with Crippen LogP contribution in [0.4, 0.5) is 9.39 Å². The fraction of sp³-hybridized carbons (Fsp3) is 0.0833. The Morgan fingerprint density at radius 3 is 2.75 bits per heavy atom. The Kier molecular flexibility index (Phi) is 4.31. The molecule has 1 heterocycles. The van der Waals surface area contributed by atoms with Crippen molar-refractivity contribution in [2.24, 2.45) is 0 Å². The fourth-order valence-electron chi connectivity index (χ4n) is 1.45. The highest BCUT2D eigenvalue weighted by Gasteiger charge is 2.16. The molecule has 1 aromatic heterocycles. The first-order valence-corrected chi connectivity index (χ1v) is 6.51. The second-order valence-corrected chi connectivity index (χ2v) is 5.25. The van der Waals surface area contributed by atoms with E-state index in [9.17, 15) is 19.3 Å². The van der Waals surface area contributed by atoms with Crippen molar-refractivity contribution in [2.75, 3.05) is 0 Å². The maximum atomic E-state index is 13.1. The Morgan fingerprint density at radius 1 is 1.40 bits per heavy atom. The number of carbonyl (C=O) groups is 1. The topological polar surface area (TPSA) is 69.4 Å². The van der Waals surface area contributed by atoms with E-state index in [0.29, 0.717) is 16.9 Å². The number of rotatable bonds is 4. The third-order valence-corrected chi connectivity index (χ3v) is 3.50. The average molecular weight is 316 g/mol. The fourth-order valence-corrected chi connectivity index (χ4v) is 2.41. The highest BCUT2D eigenvalue weighted by Crippen LogP contribution is 2.25. The van der Waals surface area contributed by atoms with Crippen LogP contribution in [0.5, 0.6) is 0 Å². The van der Waals surface area contributed by atoms with Crippen LogP contribution in [-0.4, -0.2) is 10.9 Å². The maximum absolute atomic E-state index is 13.1. The van der Waals surface area contributed by atoms with E-state index in [2.05, 4.69) is 0 Å². The lowest BCUT2D eigenvalue weighted by Gasteiger charge is -2.04. The number of ether oxygens (including phenoxy) is 1. The molecule has 0 fully saturated rings. The molecule has 0 N–H and O–H groups in total. The molecule has 0 bridgehead atoms. The van der Waals surface area contributed by atoms with E-state index in [1.54, 1.807) is 0 Å². The van der Waals surface area contributed by atoms with Gasteiger partial charge in [-0.05, 0) is 29.8 Å². The molecule has 0 saturated heterocycles. The van der Waals surface area contributed by atoms with Gasteiger partial charge in [0.25, 0.3) is 0 Å². The number of esters is 1. The van der Waals surface area contributed by atoms with Crippen LogP contribution in [0.3, 0.4) is 0 Å². The number of carbonyl (C=O) groups excluding carboxylic acids is 1. The lowest BCUT2D eigenvalue weighted by atomic mass is 10.2. The van der Waals surface area contributed by atoms with E-state index in [1.807, 2.05) is 0 Å². The number of benzene rings is 1. The quantitative estimate of drug-likeness (QED) is 0.489. The zero-order valence-corrected chi connectivity index (χ0v) is 11.4. The zero-order valence-electron chi connectivity index (χ0n) is 9.84. The van der Waals surface area contributed by atoms with Crippen LogP contribution in [0, 0.1) is 15.9 Å². The van der Waals surface area contributed by atoms with E-state index in [4.69, 9.17) is 16.3 Å². The first-order valence-electron chi connectivity index (χ1n) is 5.32. The summed E-state index contributed by atoms with van der Waals surface area (Å²) in [6, 6.07) is 6.32. The van der Waals surface area contributed by atoms with Gasteiger partial charge >= 0.3 is 11.0 Å². The molecule has 0 aliphatic carbocycles. The van der Waals surface area contributed by atoms with E-state index in [1.165, 1.54) is 24.3 Å². The van der Waals surface area contributed by atoms with E-state index >= 15 is 0 Å². The number of halogens is 2. The number of hydrogen-bond donors (Lipinski definition) is 0. The summed E-state index contributed by atoms with van der Waals surface area (Å²) in [5.74, 6) is -1.24. The molecule has 2 aromatic rings. The molecule has 2 rings (SSSR count). The molecule has 0 aliphatic heterocycles. The van der Waals surface area contributed by atoms with Crippen LogP contribution in [0.15, 0.2) is 30.3 Å². The molecular weight excluding hydrogens is 309 g/mol. The van der Waals surface area contributed by atoms with Crippen molar-refractivity contribution in [1.29, 1.82) is 0 Å². The Hall–Kier alpha value is -1.99. The minimum Gasteiger partial charge on any atom is -0.457 e. The van der Waals surface area contributed by atoms with Crippen molar-refractivity contribution in [3.63, 3.8) is 0 Å². The summed E-state index contributed by atoms with van der Waals surface area (Å²) in [7, 11) is 0. The van der Waals surface area contributed by atoms with Crippen LogP contribution in [0.25, 0.3) is 0 Å². The molecule has 0 atom stereocenters. The van der Waals surface area contributed by atoms with Gasteiger partial charge in [-0.15, -0.1) is 0 Å². The first kappa shape index (κ1) is 14.4. The Bertz CT molecular complexity index is 653. The monoisotopic (exact) mass is 315 g/mol. The second-order valence-electron chi connectivity index (χ2n) is 3.75. The first-order chi connectivity index (χ1) is 9.45. The molecule has 0 spiro atoms. The zero-order chi connectivity index (χ0) is 14.7. The maximum Gasteiger partial charge on any atom is 0.348 e. The standard InChI is InChI=1S/C12H7ClFNO4S/c13-8-3-7(4-9(14)5-8)6-19-12(16)10-1-2-11(20-10)15(17)18/h1-5H,6H2. The molecule has 20 heavy (non-hydrogen) atoms. The third-order valence-electron chi connectivity index (χ3n) is 2.27. The molecule has 104 valence electrons. The molecule has 1 aromatic carbocycles. The van der Waals surface area contributed by atoms with Crippen molar-refractivity contribution < 1.29 is 18.8 Å². The minimum atomic E-state index is -0.705. The highest BCUT2D eigenvalue weighted by atomic mass is 35.5. The predicted molar refractivity (Wildman–Crippen MR) is 71.5 cm³/mol. The molecule has 0 amide bonds. The summed E-state index contributed by atoms with van der Waals surface area (Å²) < 4.78 is 18.0. The number of nitrogens with zero attached hydrogens (tertiary/aromatic N) is 1. The van der Waals surface area contributed by atoms with Gasteiger partial charge < -0.3 is 4.74 Å². The number of thiophene rings is 1. The summed E-state index contributed by atoms with van der Waals surface area (Å²) in [6.07, 6.45) is 0. The van der Waals surface area contributed by atoms with E-state index in [0.717, 1.165) is 6.07 Å². The van der Waals surface area contributed by atoms with Crippen molar-refractivity contribution in [1.82, 2.24) is 0 Å². The summed E-state index contributed by atoms with van der Waals surface area (Å²) in [5.41, 5.74) is 0.398. The van der Waals surface area contributed by atoms with E-state index in [-0.39, 0.29) is 21.5 Å². The number of nitro groups is 1. The Morgan fingerprint density at radius 2 is 2.15 bits per heavy atom. The van der Waals surface area contributed by atoms with Crippen LogP contribution in [0.1, 0.15) is 15.2 Å². The van der Waals surface area contributed by atoms with Crippen molar-refractivity contribution in [2.45, 2.75) is 6.61 Å². The third kappa shape index (κ3) is 3.52. The minimum absolute atomic E-state index is 0.110. The molecule has 5 nitrogen and oxygen atoms in total. The lowest BCUT2D eigenvalue weighted by Crippen LogP contribution is -2.03. The van der Waals surface area contributed by atoms with E-state index < -0.39 is 16.7 Å². The Balaban J connectivity index is 2.02. The lowest BCUT2D eigenvalue weighted by molar-refractivity contribution is -0.380. The molecule has 0 aliphatic rings. The molecule has 8 heteroatoms. The highest BCUT2D eigenvalue weighted by molar-refractivity contribution is 7.17. The molecule has 0 unspecified atom stereocenters. The molecular formula is C12H7ClFNO4S. The second kappa shape index (κ2) is 5.98. The van der Waals surface area contributed by atoms with Gasteiger partial charge in [-0.1, -0.05) is 22.9 Å². The van der Waals surface area contributed by atoms with Crippen LogP contribution >= 0.6 is 22.9 Å². The summed E-state index contributed by atoms with van der Waals surface area (Å²) in [5, 5.41) is 10.5. The summed E-state index contributed by atoms with van der Waals surface area (Å²) >= 11 is 6.38. The van der Waals surface area contributed by atoms with Crippen molar-refractivity contribution in [3.8, 4) is 0 Å². The number of hydrogen-bond acceptors (Lipinski definition) is 5. The largest absolute Gasteiger partial charge is 0.457 e. The van der Waals surface area contributed by atoms with Gasteiger partial charge in [0.15, 0.2) is 0 Å². The van der Waals surface area contributed by atoms with Gasteiger partial charge in [-0.25, -0.2) is 9.18 Å². The Labute approximate surface area is 121 Å². The van der Waals surface area contributed by atoms with Crippen LogP contribution in [0.2, 0.25) is 5.02 Å².